The Morgan fingerprint density at radius 2 is 2.08 bits per heavy atom. The first kappa shape index (κ1) is 16.1. The van der Waals surface area contributed by atoms with Gasteiger partial charge in [-0.1, -0.05) is 6.07 Å². The van der Waals surface area contributed by atoms with Gasteiger partial charge in [0.2, 0.25) is 5.91 Å². The number of carbonyl (C=O) groups excluding carboxylic acids is 2. The van der Waals surface area contributed by atoms with Crippen molar-refractivity contribution in [1.29, 1.82) is 0 Å². The molecule has 138 valence electrons. The van der Waals surface area contributed by atoms with E-state index >= 15 is 0 Å². The lowest BCUT2D eigenvalue weighted by Gasteiger charge is -2.59. The molecule has 4 aliphatic rings. The number of ether oxygens (including phenoxy) is 3. The van der Waals surface area contributed by atoms with Crippen molar-refractivity contribution in [2.24, 2.45) is 5.41 Å². The smallest absolute Gasteiger partial charge is 0.223 e. The predicted octanol–water partition coefficient (Wildman–Crippen LogP) is 2.00. The lowest BCUT2D eigenvalue weighted by atomic mass is 9.53. The van der Waals surface area contributed by atoms with E-state index in [-0.39, 0.29) is 12.0 Å². The Hall–Kier alpha value is -2.08. The van der Waals surface area contributed by atoms with Crippen LogP contribution in [0.15, 0.2) is 12.1 Å². The van der Waals surface area contributed by atoms with Crippen LogP contribution in [0.3, 0.4) is 0 Å². The number of hydrogen-bond acceptors (Lipinski definition) is 5. The van der Waals surface area contributed by atoms with Crippen molar-refractivity contribution in [3.8, 4) is 11.5 Å². The van der Waals surface area contributed by atoms with Crippen molar-refractivity contribution in [3.63, 3.8) is 0 Å². The molecule has 1 aromatic rings. The van der Waals surface area contributed by atoms with Crippen molar-refractivity contribution in [2.45, 2.75) is 42.7 Å². The predicted molar refractivity (Wildman–Crippen MR) is 92.4 cm³/mol. The summed E-state index contributed by atoms with van der Waals surface area (Å²) in [6.07, 6.45) is 3.48. The number of rotatable bonds is 3. The van der Waals surface area contributed by atoms with Crippen LogP contribution in [0.5, 0.6) is 11.5 Å². The molecule has 3 fully saturated rings. The maximum absolute atomic E-state index is 12.9. The van der Waals surface area contributed by atoms with Crippen LogP contribution >= 0.6 is 0 Å². The molecule has 2 aliphatic heterocycles. The molecule has 26 heavy (non-hydrogen) atoms. The maximum Gasteiger partial charge on any atom is 0.223 e. The molecule has 6 nitrogen and oxygen atoms in total. The Bertz CT molecular complexity index is 838. The molecule has 1 saturated carbocycles. The first-order valence-electron chi connectivity index (χ1n) is 9.10. The number of benzene rings is 1. The molecule has 2 aliphatic carbocycles. The Balaban J connectivity index is 1.90. The van der Waals surface area contributed by atoms with E-state index in [0.717, 1.165) is 30.3 Å². The zero-order chi connectivity index (χ0) is 18.3. The molecule has 2 heterocycles. The molecule has 0 unspecified atom stereocenters. The highest BCUT2D eigenvalue weighted by atomic mass is 16.5. The second-order valence-electron chi connectivity index (χ2n) is 8.11. The van der Waals surface area contributed by atoms with E-state index < -0.39 is 16.4 Å². The van der Waals surface area contributed by atoms with Crippen LogP contribution in [0.25, 0.3) is 0 Å². The lowest BCUT2D eigenvalue weighted by molar-refractivity contribution is -0.170. The van der Waals surface area contributed by atoms with Gasteiger partial charge in [0.25, 0.3) is 0 Å². The SMILES string of the molecule is COc1ccc2c(c1OC)[C@@]13CC[C@@]4(C=O)CO[C@@H]2C[C@]41N(C)C(=O)C3. The third-order valence-corrected chi connectivity index (χ3v) is 7.66. The number of aldehydes is 1. The van der Waals surface area contributed by atoms with Gasteiger partial charge in [0.1, 0.15) is 6.29 Å². The molecule has 1 aromatic carbocycles. The number of carbonyl (C=O) groups is 2. The van der Waals surface area contributed by atoms with Crippen LogP contribution in [0, 0.1) is 5.41 Å². The standard InChI is InChI=1S/C20H23NO5/c1-21-15(23)9-19-7-6-18(10-22)11-26-14(8-20(18,19)21)12-4-5-13(24-2)17(25-3)16(12)19/h4-5,10,14H,6-9,11H2,1-3H3/t14-,18-,19+,20+/m1/s1. The number of fused-ring (bicyclic) bond motifs is 3. The first-order chi connectivity index (χ1) is 12.5. The van der Waals surface area contributed by atoms with Crippen LogP contribution in [-0.4, -0.2) is 50.5 Å². The molecule has 0 N–H and O–H groups in total. The summed E-state index contributed by atoms with van der Waals surface area (Å²) in [5.74, 6) is 1.42. The van der Waals surface area contributed by atoms with Crippen LogP contribution in [0.4, 0.5) is 0 Å². The summed E-state index contributed by atoms with van der Waals surface area (Å²) in [6.45, 7) is 0.369. The molecule has 1 amide bonds. The van der Waals surface area contributed by atoms with E-state index in [2.05, 4.69) is 0 Å². The third kappa shape index (κ3) is 1.40. The summed E-state index contributed by atoms with van der Waals surface area (Å²) in [4.78, 5) is 27.1. The lowest BCUT2D eigenvalue weighted by Crippen LogP contribution is -2.68. The normalized spacial score (nSPS) is 39.4. The molecule has 2 saturated heterocycles. The van der Waals surface area contributed by atoms with E-state index in [1.807, 2.05) is 24.1 Å². The van der Waals surface area contributed by atoms with E-state index in [0.29, 0.717) is 30.9 Å². The van der Waals surface area contributed by atoms with Gasteiger partial charge in [-0.3, -0.25) is 4.79 Å². The van der Waals surface area contributed by atoms with Crippen molar-refractivity contribution >= 4 is 12.2 Å². The molecule has 0 aromatic heterocycles. The van der Waals surface area contributed by atoms with E-state index in [1.165, 1.54) is 0 Å². The second kappa shape index (κ2) is 4.80. The molecule has 6 heteroatoms. The summed E-state index contributed by atoms with van der Waals surface area (Å²) in [7, 11) is 5.11. The highest BCUT2D eigenvalue weighted by Gasteiger charge is 2.79. The van der Waals surface area contributed by atoms with E-state index in [9.17, 15) is 9.59 Å². The number of amides is 1. The molecular formula is C20H23NO5. The van der Waals surface area contributed by atoms with Gasteiger partial charge in [0.15, 0.2) is 11.5 Å². The van der Waals surface area contributed by atoms with Crippen LogP contribution in [0.2, 0.25) is 0 Å². The van der Waals surface area contributed by atoms with Gasteiger partial charge in [0, 0.05) is 30.9 Å². The molecule has 5 rings (SSSR count). The monoisotopic (exact) mass is 357 g/mol. The Kier molecular flexibility index (Phi) is 2.97. The van der Waals surface area contributed by atoms with Gasteiger partial charge in [0.05, 0.1) is 37.9 Å². The minimum Gasteiger partial charge on any atom is -0.493 e. The summed E-state index contributed by atoms with van der Waals surface area (Å²) in [5.41, 5.74) is 0.444. The summed E-state index contributed by atoms with van der Waals surface area (Å²) in [6, 6.07) is 3.94. The largest absolute Gasteiger partial charge is 0.493 e. The van der Waals surface area contributed by atoms with Crippen molar-refractivity contribution in [1.82, 2.24) is 4.90 Å². The zero-order valence-corrected chi connectivity index (χ0v) is 15.3. The zero-order valence-electron chi connectivity index (χ0n) is 15.3. The molecular weight excluding hydrogens is 334 g/mol. The number of methoxy groups -OCH3 is 2. The summed E-state index contributed by atoms with van der Waals surface area (Å²) in [5, 5.41) is 0. The summed E-state index contributed by atoms with van der Waals surface area (Å²) < 4.78 is 17.5. The Labute approximate surface area is 152 Å². The van der Waals surface area contributed by atoms with Gasteiger partial charge in [-0.25, -0.2) is 0 Å². The fraction of sp³-hybridized carbons (Fsp3) is 0.600. The van der Waals surface area contributed by atoms with Crippen LogP contribution in [0.1, 0.15) is 42.9 Å². The fourth-order valence-electron chi connectivity index (χ4n) is 6.62. The van der Waals surface area contributed by atoms with Crippen LogP contribution in [-0.2, 0) is 19.7 Å². The fourth-order valence-corrected chi connectivity index (χ4v) is 6.62. The van der Waals surface area contributed by atoms with Gasteiger partial charge in [-0.2, -0.15) is 0 Å². The summed E-state index contributed by atoms with van der Waals surface area (Å²) >= 11 is 0. The molecule has 2 bridgehead atoms. The van der Waals surface area contributed by atoms with E-state index in [1.54, 1.807) is 14.2 Å². The third-order valence-electron chi connectivity index (χ3n) is 7.66. The molecule has 4 atom stereocenters. The van der Waals surface area contributed by atoms with Gasteiger partial charge in [-0.05, 0) is 24.5 Å². The van der Waals surface area contributed by atoms with E-state index in [4.69, 9.17) is 14.2 Å². The van der Waals surface area contributed by atoms with Crippen molar-refractivity contribution in [2.75, 3.05) is 27.9 Å². The molecule has 1 spiro atoms. The average molecular weight is 357 g/mol. The maximum atomic E-state index is 12.9. The number of hydrogen-bond donors (Lipinski definition) is 0. The van der Waals surface area contributed by atoms with Gasteiger partial charge in [-0.15, -0.1) is 0 Å². The van der Waals surface area contributed by atoms with Crippen LogP contribution < -0.4 is 9.47 Å². The minimum atomic E-state index is -0.657. The number of likely N-dealkylation sites (N-methyl/N-ethyl adjacent to an activating group) is 1. The minimum absolute atomic E-state index is 0.0919. The average Bonchev–Trinajstić information content (AvgIpc) is 3.10. The number of nitrogens with zero attached hydrogens (tertiary/aromatic N) is 1. The highest BCUT2D eigenvalue weighted by molar-refractivity contribution is 5.87. The second-order valence-corrected chi connectivity index (χ2v) is 8.11. The van der Waals surface area contributed by atoms with Gasteiger partial charge < -0.3 is 23.9 Å². The van der Waals surface area contributed by atoms with Crippen molar-refractivity contribution in [3.05, 3.63) is 23.3 Å². The topological polar surface area (TPSA) is 65.1 Å². The highest BCUT2D eigenvalue weighted by Crippen LogP contribution is 2.73. The van der Waals surface area contributed by atoms with Gasteiger partial charge >= 0.3 is 0 Å². The Morgan fingerprint density at radius 3 is 2.77 bits per heavy atom. The molecule has 0 radical (unpaired) electrons. The van der Waals surface area contributed by atoms with Crippen molar-refractivity contribution < 1.29 is 23.8 Å². The number of likely N-dealkylation sites (tertiary alicyclic amines) is 1. The quantitative estimate of drug-likeness (QED) is 0.774. The first-order valence-corrected chi connectivity index (χ1v) is 9.10. The Morgan fingerprint density at radius 1 is 1.27 bits per heavy atom.